The number of carbonyl (C=O) groups excluding carboxylic acids is 1. The predicted molar refractivity (Wildman–Crippen MR) is 54.2 cm³/mol. The van der Waals surface area contributed by atoms with E-state index in [0.717, 1.165) is 19.5 Å². The fourth-order valence-electron chi connectivity index (χ4n) is 1.26. The Morgan fingerprint density at radius 2 is 2.17 bits per heavy atom. The van der Waals surface area contributed by atoms with Crippen LogP contribution < -0.4 is 10.6 Å². The Morgan fingerprint density at radius 3 is 2.58 bits per heavy atom. The van der Waals surface area contributed by atoms with Crippen LogP contribution in [0.4, 0.5) is 0 Å². The van der Waals surface area contributed by atoms with Crippen LogP contribution in [0.1, 0.15) is 19.8 Å². The summed E-state index contributed by atoms with van der Waals surface area (Å²) >= 11 is 0. The molecule has 1 aliphatic heterocycles. The maximum absolute atomic E-state index is 10.6. The quantitative estimate of drug-likeness (QED) is 0.676. The second-order valence-corrected chi connectivity index (χ2v) is 2.74. The van der Waals surface area contributed by atoms with E-state index in [2.05, 4.69) is 10.6 Å². The van der Waals surface area contributed by atoms with Crippen molar-refractivity contribution in [3.05, 3.63) is 0 Å². The standard InChI is InChI=1S/C7H14N2O.2ClH/c1-6(10)9-7-3-2-4-8-5-7;;/h7-8H,2-5H2,1H3,(H,9,10);2*1H. The molecule has 0 saturated carbocycles. The Bertz CT molecular complexity index is 127. The first-order valence-corrected chi connectivity index (χ1v) is 3.77. The summed E-state index contributed by atoms with van der Waals surface area (Å²) in [5.74, 6) is 0.0775. The minimum atomic E-state index is 0. The molecular formula is C7H16Cl2N2O. The summed E-state index contributed by atoms with van der Waals surface area (Å²) in [5, 5.41) is 6.11. The van der Waals surface area contributed by atoms with Crippen molar-refractivity contribution in [2.45, 2.75) is 25.8 Å². The Kier molecular flexibility index (Phi) is 9.26. The average Bonchev–Trinajstić information content (AvgIpc) is 1.88. The summed E-state index contributed by atoms with van der Waals surface area (Å²) in [6, 6.07) is 0.367. The highest BCUT2D eigenvalue weighted by molar-refractivity contribution is 5.85. The van der Waals surface area contributed by atoms with Crippen molar-refractivity contribution in [3.8, 4) is 0 Å². The van der Waals surface area contributed by atoms with Crippen LogP contribution in [0.15, 0.2) is 0 Å². The zero-order valence-electron chi connectivity index (χ0n) is 7.13. The first-order valence-electron chi connectivity index (χ1n) is 3.77. The highest BCUT2D eigenvalue weighted by atomic mass is 35.5. The molecule has 1 unspecified atom stereocenters. The number of piperidine rings is 1. The molecule has 5 heteroatoms. The van der Waals surface area contributed by atoms with E-state index in [1.54, 1.807) is 6.92 Å². The highest BCUT2D eigenvalue weighted by Crippen LogP contribution is 2.00. The maximum atomic E-state index is 10.6. The molecule has 12 heavy (non-hydrogen) atoms. The number of rotatable bonds is 1. The molecule has 1 saturated heterocycles. The van der Waals surface area contributed by atoms with Gasteiger partial charge in [0.15, 0.2) is 0 Å². The SMILES string of the molecule is CC(=O)NC1CCCNC1.Cl.Cl. The second-order valence-electron chi connectivity index (χ2n) is 2.74. The molecule has 0 aromatic carbocycles. The molecule has 0 aromatic rings. The van der Waals surface area contributed by atoms with Crippen LogP contribution in [0.2, 0.25) is 0 Å². The molecular weight excluding hydrogens is 199 g/mol. The highest BCUT2D eigenvalue weighted by Gasteiger charge is 2.12. The first-order chi connectivity index (χ1) is 4.79. The lowest BCUT2D eigenvalue weighted by atomic mass is 10.1. The molecule has 0 bridgehead atoms. The lowest BCUT2D eigenvalue weighted by Gasteiger charge is -2.22. The van der Waals surface area contributed by atoms with Crippen molar-refractivity contribution in [1.82, 2.24) is 10.6 Å². The number of nitrogens with one attached hydrogen (secondary N) is 2. The number of halogens is 2. The zero-order valence-corrected chi connectivity index (χ0v) is 8.76. The Balaban J connectivity index is 0. The molecule has 0 radical (unpaired) electrons. The number of amides is 1. The van der Waals surface area contributed by atoms with E-state index >= 15 is 0 Å². The molecule has 2 N–H and O–H groups in total. The molecule has 74 valence electrons. The summed E-state index contributed by atoms with van der Waals surface area (Å²) in [7, 11) is 0. The van der Waals surface area contributed by atoms with Gasteiger partial charge in [-0.25, -0.2) is 0 Å². The Hall–Kier alpha value is 0.01000. The smallest absolute Gasteiger partial charge is 0.217 e. The largest absolute Gasteiger partial charge is 0.352 e. The van der Waals surface area contributed by atoms with E-state index in [1.807, 2.05) is 0 Å². The van der Waals surface area contributed by atoms with Crippen LogP contribution in [0.25, 0.3) is 0 Å². The van der Waals surface area contributed by atoms with Gasteiger partial charge < -0.3 is 10.6 Å². The molecule has 0 aliphatic carbocycles. The number of hydrogen-bond donors (Lipinski definition) is 2. The summed E-state index contributed by atoms with van der Waals surface area (Å²) in [4.78, 5) is 10.6. The molecule has 1 heterocycles. The minimum Gasteiger partial charge on any atom is -0.352 e. The maximum Gasteiger partial charge on any atom is 0.217 e. The van der Waals surface area contributed by atoms with Crippen LogP contribution in [0.5, 0.6) is 0 Å². The van der Waals surface area contributed by atoms with E-state index < -0.39 is 0 Å². The normalized spacial score (nSPS) is 21.6. The summed E-state index contributed by atoms with van der Waals surface area (Å²) in [5.41, 5.74) is 0. The van der Waals surface area contributed by atoms with Gasteiger partial charge in [-0.2, -0.15) is 0 Å². The van der Waals surface area contributed by atoms with Crippen molar-refractivity contribution in [3.63, 3.8) is 0 Å². The van der Waals surface area contributed by atoms with Crippen molar-refractivity contribution in [1.29, 1.82) is 0 Å². The number of hydrogen-bond acceptors (Lipinski definition) is 2. The van der Waals surface area contributed by atoms with Gasteiger partial charge in [0.2, 0.25) is 5.91 Å². The van der Waals surface area contributed by atoms with Gasteiger partial charge >= 0.3 is 0 Å². The summed E-state index contributed by atoms with van der Waals surface area (Å²) in [6.45, 7) is 3.59. The number of carbonyl (C=O) groups is 1. The lowest BCUT2D eigenvalue weighted by molar-refractivity contribution is -0.119. The van der Waals surface area contributed by atoms with Gasteiger partial charge in [-0.05, 0) is 19.4 Å². The predicted octanol–water partition coefficient (Wildman–Crippen LogP) is 0.718. The topological polar surface area (TPSA) is 41.1 Å². The van der Waals surface area contributed by atoms with Crippen molar-refractivity contribution < 1.29 is 4.79 Å². The molecule has 1 amide bonds. The minimum absolute atomic E-state index is 0. The van der Waals surface area contributed by atoms with E-state index in [0.29, 0.717) is 6.04 Å². The fourth-order valence-corrected chi connectivity index (χ4v) is 1.26. The van der Waals surface area contributed by atoms with Crippen LogP contribution in [-0.2, 0) is 4.79 Å². The van der Waals surface area contributed by atoms with Crippen LogP contribution >= 0.6 is 24.8 Å². The molecule has 1 fully saturated rings. The van der Waals surface area contributed by atoms with E-state index in [1.165, 1.54) is 6.42 Å². The van der Waals surface area contributed by atoms with Gasteiger partial charge in [-0.15, -0.1) is 24.8 Å². The van der Waals surface area contributed by atoms with E-state index in [4.69, 9.17) is 0 Å². The van der Waals surface area contributed by atoms with Crippen LogP contribution in [0.3, 0.4) is 0 Å². The Morgan fingerprint density at radius 1 is 1.50 bits per heavy atom. The third kappa shape index (κ3) is 5.63. The molecule has 3 nitrogen and oxygen atoms in total. The van der Waals surface area contributed by atoms with Crippen LogP contribution in [-0.4, -0.2) is 25.0 Å². The third-order valence-corrected chi connectivity index (χ3v) is 1.70. The van der Waals surface area contributed by atoms with Gasteiger partial charge in [-0.1, -0.05) is 0 Å². The average molecular weight is 215 g/mol. The lowest BCUT2D eigenvalue weighted by Crippen LogP contribution is -2.44. The monoisotopic (exact) mass is 214 g/mol. The van der Waals surface area contributed by atoms with Gasteiger partial charge in [0.05, 0.1) is 0 Å². The van der Waals surface area contributed by atoms with Crippen molar-refractivity contribution >= 4 is 30.7 Å². The van der Waals surface area contributed by atoms with E-state index in [9.17, 15) is 4.79 Å². The molecule has 1 atom stereocenters. The van der Waals surface area contributed by atoms with Gasteiger partial charge in [0.25, 0.3) is 0 Å². The third-order valence-electron chi connectivity index (χ3n) is 1.70. The van der Waals surface area contributed by atoms with Gasteiger partial charge in [0.1, 0.15) is 0 Å². The van der Waals surface area contributed by atoms with Gasteiger partial charge in [-0.3, -0.25) is 4.79 Å². The summed E-state index contributed by atoms with van der Waals surface area (Å²) in [6.07, 6.45) is 2.29. The van der Waals surface area contributed by atoms with Crippen molar-refractivity contribution in [2.24, 2.45) is 0 Å². The summed E-state index contributed by atoms with van der Waals surface area (Å²) < 4.78 is 0. The van der Waals surface area contributed by atoms with Crippen LogP contribution in [0, 0.1) is 0 Å². The zero-order chi connectivity index (χ0) is 7.40. The molecule has 0 spiro atoms. The fraction of sp³-hybridized carbons (Fsp3) is 0.857. The Labute approximate surface area is 85.5 Å². The second kappa shape index (κ2) is 7.65. The molecule has 0 aromatic heterocycles. The van der Waals surface area contributed by atoms with Gasteiger partial charge in [0, 0.05) is 19.5 Å². The molecule has 1 aliphatic rings. The van der Waals surface area contributed by atoms with E-state index in [-0.39, 0.29) is 30.7 Å². The first kappa shape index (κ1) is 14.5. The molecule has 1 rings (SSSR count). The van der Waals surface area contributed by atoms with Crippen molar-refractivity contribution in [2.75, 3.05) is 13.1 Å².